The molecule has 148 valence electrons. The number of nitrogens with one attached hydrogen (secondary N) is 1. The number of nitrogens with zero attached hydrogens (tertiary/aromatic N) is 1. The van der Waals surface area contributed by atoms with Crippen LogP contribution in [0.2, 0.25) is 0 Å². The smallest absolute Gasteiger partial charge is 0.317 e. The molecule has 1 unspecified atom stereocenters. The summed E-state index contributed by atoms with van der Waals surface area (Å²) >= 11 is 0. The third-order valence-corrected chi connectivity index (χ3v) is 5.02. The summed E-state index contributed by atoms with van der Waals surface area (Å²) in [5, 5.41) is 12.2. The van der Waals surface area contributed by atoms with E-state index in [1.165, 1.54) is 0 Å². The van der Waals surface area contributed by atoms with Gasteiger partial charge in [-0.25, -0.2) is 4.79 Å². The number of ether oxygens (including phenoxy) is 1. The summed E-state index contributed by atoms with van der Waals surface area (Å²) in [6, 6.07) is 17.0. The zero-order valence-electron chi connectivity index (χ0n) is 16.0. The summed E-state index contributed by atoms with van der Waals surface area (Å²) < 4.78 is 5.98. The van der Waals surface area contributed by atoms with Crippen molar-refractivity contribution in [3.05, 3.63) is 65.7 Å². The molecule has 2 atom stereocenters. The van der Waals surface area contributed by atoms with E-state index in [2.05, 4.69) is 5.32 Å². The molecule has 2 N–H and O–H groups in total. The molecular formula is C22H26N2O4. The number of aliphatic carboxylic acids is 1. The third kappa shape index (κ3) is 5.03. The van der Waals surface area contributed by atoms with Crippen LogP contribution in [0.1, 0.15) is 36.9 Å². The minimum atomic E-state index is -0.842. The number of benzene rings is 2. The molecule has 1 saturated heterocycles. The van der Waals surface area contributed by atoms with E-state index in [9.17, 15) is 14.7 Å². The van der Waals surface area contributed by atoms with Gasteiger partial charge in [0.25, 0.3) is 0 Å². The van der Waals surface area contributed by atoms with Crippen LogP contribution in [-0.4, -0.2) is 35.1 Å². The van der Waals surface area contributed by atoms with Crippen molar-refractivity contribution in [2.75, 3.05) is 13.1 Å². The maximum atomic E-state index is 12.6. The average molecular weight is 382 g/mol. The minimum absolute atomic E-state index is 0.240. The summed E-state index contributed by atoms with van der Waals surface area (Å²) in [7, 11) is 0. The molecule has 0 radical (unpaired) electrons. The Hall–Kier alpha value is -3.02. The lowest BCUT2D eigenvalue weighted by atomic mass is 9.98. The van der Waals surface area contributed by atoms with Gasteiger partial charge in [-0.1, -0.05) is 48.5 Å². The Morgan fingerprint density at radius 1 is 1.18 bits per heavy atom. The van der Waals surface area contributed by atoms with Gasteiger partial charge in [0.2, 0.25) is 0 Å². The molecule has 1 heterocycles. The third-order valence-electron chi connectivity index (χ3n) is 5.02. The Morgan fingerprint density at radius 2 is 1.89 bits per heavy atom. The maximum Gasteiger partial charge on any atom is 0.317 e. The second-order valence-electron chi connectivity index (χ2n) is 7.11. The second-order valence-corrected chi connectivity index (χ2v) is 7.11. The predicted octanol–water partition coefficient (Wildman–Crippen LogP) is 3.83. The molecule has 1 aliphatic heterocycles. The van der Waals surface area contributed by atoms with E-state index in [0.717, 1.165) is 16.9 Å². The Labute approximate surface area is 165 Å². The van der Waals surface area contributed by atoms with Gasteiger partial charge in [-0.3, -0.25) is 4.79 Å². The van der Waals surface area contributed by atoms with Gasteiger partial charge in [0.05, 0.1) is 12.0 Å². The first-order valence-electron chi connectivity index (χ1n) is 9.58. The lowest BCUT2D eigenvalue weighted by Gasteiger charge is -2.32. The summed E-state index contributed by atoms with van der Waals surface area (Å²) in [6.07, 6.45) is 1.32. The fraction of sp³-hybridized carbons (Fsp3) is 0.364. The quantitative estimate of drug-likeness (QED) is 0.796. The Balaban J connectivity index is 1.63. The van der Waals surface area contributed by atoms with E-state index in [1.807, 2.05) is 61.5 Å². The van der Waals surface area contributed by atoms with Crippen LogP contribution in [0.15, 0.2) is 54.6 Å². The zero-order chi connectivity index (χ0) is 19.9. The number of carboxylic acids is 1. The Kier molecular flexibility index (Phi) is 6.53. The second kappa shape index (κ2) is 9.26. The highest BCUT2D eigenvalue weighted by atomic mass is 16.5. The first-order chi connectivity index (χ1) is 13.5. The van der Waals surface area contributed by atoms with Crippen molar-refractivity contribution < 1.29 is 19.4 Å². The molecule has 6 nitrogen and oxygen atoms in total. The van der Waals surface area contributed by atoms with Gasteiger partial charge in [-0.15, -0.1) is 0 Å². The lowest BCUT2D eigenvalue weighted by molar-refractivity contribution is -0.143. The Morgan fingerprint density at radius 3 is 2.64 bits per heavy atom. The fourth-order valence-corrected chi connectivity index (χ4v) is 3.42. The summed E-state index contributed by atoms with van der Waals surface area (Å²) in [5.74, 6) is -0.609. The molecule has 2 aromatic carbocycles. The van der Waals surface area contributed by atoms with Crippen LogP contribution in [0, 0.1) is 5.92 Å². The van der Waals surface area contributed by atoms with E-state index in [0.29, 0.717) is 26.0 Å². The van der Waals surface area contributed by atoms with Gasteiger partial charge in [0.15, 0.2) is 0 Å². The molecule has 0 bridgehead atoms. The van der Waals surface area contributed by atoms with Crippen molar-refractivity contribution in [1.29, 1.82) is 0 Å². The molecule has 0 spiro atoms. The highest BCUT2D eigenvalue weighted by molar-refractivity contribution is 5.77. The molecule has 2 aromatic rings. The number of hydrogen-bond donors (Lipinski definition) is 2. The van der Waals surface area contributed by atoms with Crippen LogP contribution in [0.25, 0.3) is 0 Å². The van der Waals surface area contributed by atoms with Crippen LogP contribution < -0.4 is 10.1 Å². The largest absolute Gasteiger partial charge is 0.489 e. The van der Waals surface area contributed by atoms with E-state index in [-0.39, 0.29) is 18.6 Å². The number of carbonyl (C=O) groups excluding carboxylic acids is 1. The first-order valence-corrected chi connectivity index (χ1v) is 9.58. The molecular weight excluding hydrogens is 356 g/mol. The van der Waals surface area contributed by atoms with Gasteiger partial charge in [-0.2, -0.15) is 0 Å². The molecule has 1 fully saturated rings. The monoisotopic (exact) mass is 382 g/mol. The molecule has 0 aromatic heterocycles. The number of para-hydroxylation sites is 1. The van der Waals surface area contributed by atoms with Gasteiger partial charge in [0.1, 0.15) is 12.4 Å². The highest BCUT2D eigenvalue weighted by Crippen LogP contribution is 2.26. The topological polar surface area (TPSA) is 78.9 Å². The maximum absolute atomic E-state index is 12.6. The zero-order valence-corrected chi connectivity index (χ0v) is 16.0. The van der Waals surface area contributed by atoms with E-state index < -0.39 is 11.9 Å². The van der Waals surface area contributed by atoms with Crippen molar-refractivity contribution in [3.63, 3.8) is 0 Å². The van der Waals surface area contributed by atoms with Gasteiger partial charge in [-0.05, 0) is 31.4 Å². The summed E-state index contributed by atoms with van der Waals surface area (Å²) in [6.45, 7) is 3.18. The molecule has 28 heavy (non-hydrogen) atoms. The molecule has 3 rings (SSSR count). The standard InChI is InChI=1S/C22H26N2O4/c1-16(23-22(27)24-13-7-10-18(14-24)21(25)26)19-11-5-6-12-20(19)28-15-17-8-3-2-4-9-17/h2-6,8-9,11-12,16,18H,7,10,13-15H2,1H3,(H,23,27)(H,25,26)/t16-,18?/m1/s1. The van der Waals surface area contributed by atoms with Crippen molar-refractivity contribution in [2.24, 2.45) is 5.92 Å². The van der Waals surface area contributed by atoms with Crippen LogP contribution in [0.5, 0.6) is 5.75 Å². The molecule has 1 aliphatic rings. The molecule has 6 heteroatoms. The summed E-state index contributed by atoms with van der Waals surface area (Å²) in [4.78, 5) is 25.4. The molecule has 2 amide bonds. The first kappa shape index (κ1) is 19.7. The number of urea groups is 1. The lowest BCUT2D eigenvalue weighted by Crippen LogP contribution is -2.47. The number of carbonyl (C=O) groups is 2. The van der Waals surface area contributed by atoms with Gasteiger partial charge in [0, 0.05) is 18.7 Å². The van der Waals surface area contributed by atoms with E-state index in [4.69, 9.17) is 4.74 Å². The number of rotatable bonds is 6. The highest BCUT2D eigenvalue weighted by Gasteiger charge is 2.29. The number of likely N-dealkylation sites (tertiary alicyclic amines) is 1. The Bertz CT molecular complexity index is 809. The van der Waals surface area contributed by atoms with Crippen molar-refractivity contribution in [2.45, 2.75) is 32.4 Å². The number of hydrogen-bond acceptors (Lipinski definition) is 3. The van der Waals surface area contributed by atoms with Gasteiger partial charge >= 0.3 is 12.0 Å². The average Bonchev–Trinajstić information content (AvgIpc) is 2.73. The SMILES string of the molecule is C[C@@H](NC(=O)N1CCCC(C(=O)O)C1)c1ccccc1OCc1ccccc1. The van der Waals surface area contributed by atoms with Crippen LogP contribution >= 0.6 is 0 Å². The minimum Gasteiger partial charge on any atom is -0.489 e. The van der Waals surface area contributed by atoms with Crippen molar-refractivity contribution in [1.82, 2.24) is 10.2 Å². The predicted molar refractivity (Wildman–Crippen MR) is 106 cm³/mol. The normalized spacial score (nSPS) is 17.6. The number of carboxylic acid groups (broad SMARTS) is 1. The number of piperidine rings is 1. The summed E-state index contributed by atoms with van der Waals surface area (Å²) in [5.41, 5.74) is 1.96. The van der Waals surface area contributed by atoms with Gasteiger partial charge < -0.3 is 20.1 Å². The van der Waals surface area contributed by atoms with Crippen molar-refractivity contribution in [3.8, 4) is 5.75 Å². The molecule has 0 aliphatic carbocycles. The fourth-order valence-electron chi connectivity index (χ4n) is 3.42. The van der Waals surface area contributed by atoms with Crippen molar-refractivity contribution >= 4 is 12.0 Å². The van der Waals surface area contributed by atoms with Crippen LogP contribution in [0.3, 0.4) is 0 Å². The van der Waals surface area contributed by atoms with Crippen LogP contribution in [-0.2, 0) is 11.4 Å². The molecule has 0 saturated carbocycles. The van der Waals surface area contributed by atoms with E-state index in [1.54, 1.807) is 4.90 Å². The van der Waals surface area contributed by atoms with Crippen LogP contribution in [0.4, 0.5) is 4.79 Å². The number of amides is 2. The van der Waals surface area contributed by atoms with E-state index >= 15 is 0 Å².